The number of carbonyl (C=O) groups excluding carboxylic acids is 1. The van der Waals surface area contributed by atoms with Crippen molar-refractivity contribution < 1.29 is 9.53 Å². The maximum Gasteiger partial charge on any atom is 0.251 e. The molecule has 0 spiro atoms. The number of amides is 1. The van der Waals surface area contributed by atoms with E-state index in [0.29, 0.717) is 18.7 Å². The molecule has 0 unspecified atom stereocenters. The summed E-state index contributed by atoms with van der Waals surface area (Å²) < 4.78 is 5.61. The van der Waals surface area contributed by atoms with Gasteiger partial charge in [0.2, 0.25) is 0 Å². The number of carbonyl (C=O) groups is 1. The van der Waals surface area contributed by atoms with Gasteiger partial charge in [0, 0.05) is 12.1 Å². The fraction of sp³-hybridized carbons (Fsp3) is 0.250. The maximum absolute atomic E-state index is 12.3. The molecular weight excluding hydrogens is 314 g/mol. The first-order valence-corrected chi connectivity index (χ1v) is 8.34. The Balaban J connectivity index is 1.52. The molecule has 25 heavy (non-hydrogen) atoms. The molecule has 128 valence electrons. The van der Waals surface area contributed by atoms with E-state index in [1.807, 2.05) is 50.2 Å². The molecule has 0 fully saturated rings. The molecule has 0 saturated heterocycles. The van der Waals surface area contributed by atoms with Crippen LogP contribution in [0.5, 0.6) is 5.75 Å². The Hall–Kier alpha value is -2.95. The van der Waals surface area contributed by atoms with Crippen LogP contribution in [0.4, 0.5) is 0 Å². The van der Waals surface area contributed by atoms with Gasteiger partial charge in [0.1, 0.15) is 5.75 Å². The van der Waals surface area contributed by atoms with E-state index in [9.17, 15) is 4.79 Å². The molecule has 0 atom stereocenters. The minimum Gasteiger partial charge on any atom is -0.494 e. The van der Waals surface area contributed by atoms with E-state index in [0.717, 1.165) is 34.6 Å². The Morgan fingerprint density at radius 1 is 1.00 bits per heavy atom. The Bertz CT molecular complexity index is 879. The first-order chi connectivity index (χ1) is 12.1. The van der Waals surface area contributed by atoms with Crippen molar-refractivity contribution >= 4 is 16.9 Å². The molecule has 1 N–H and O–H groups in total. The monoisotopic (exact) mass is 335 g/mol. The molecule has 1 heterocycles. The summed E-state index contributed by atoms with van der Waals surface area (Å²) in [6.07, 6.45) is 0.742. The maximum atomic E-state index is 12.3. The topological polar surface area (TPSA) is 64.1 Å². The van der Waals surface area contributed by atoms with Crippen molar-refractivity contribution in [1.29, 1.82) is 0 Å². The number of fused-ring (bicyclic) bond motifs is 1. The Labute approximate surface area is 147 Å². The lowest BCUT2D eigenvalue weighted by atomic mass is 10.1. The average Bonchev–Trinajstić information content (AvgIpc) is 2.63. The number of aryl methyl sites for hydroxylation is 2. The second-order valence-electron chi connectivity index (χ2n) is 5.87. The minimum atomic E-state index is -0.110. The van der Waals surface area contributed by atoms with E-state index in [4.69, 9.17) is 4.74 Å². The van der Waals surface area contributed by atoms with Crippen LogP contribution in [0.1, 0.15) is 28.2 Å². The molecule has 1 aromatic heterocycles. The van der Waals surface area contributed by atoms with Gasteiger partial charge in [0.15, 0.2) is 0 Å². The summed E-state index contributed by atoms with van der Waals surface area (Å²) in [7, 11) is 0. The summed E-state index contributed by atoms with van der Waals surface area (Å²) in [5.41, 5.74) is 3.92. The van der Waals surface area contributed by atoms with E-state index < -0.39 is 0 Å². The largest absolute Gasteiger partial charge is 0.494 e. The summed E-state index contributed by atoms with van der Waals surface area (Å²) in [5, 5.41) is 2.91. The molecule has 1 amide bonds. The molecule has 0 aliphatic heterocycles. The zero-order valence-corrected chi connectivity index (χ0v) is 14.5. The average molecular weight is 335 g/mol. The van der Waals surface area contributed by atoms with Crippen LogP contribution in [-0.2, 0) is 0 Å². The summed E-state index contributed by atoms with van der Waals surface area (Å²) in [4.78, 5) is 21.3. The first-order valence-electron chi connectivity index (χ1n) is 8.34. The second kappa shape index (κ2) is 7.75. The SMILES string of the molecule is Cc1nc2ccc(C(=O)NCCCOc3ccccc3)cc2nc1C. The van der Waals surface area contributed by atoms with Gasteiger partial charge in [-0.2, -0.15) is 0 Å². The third-order valence-corrected chi connectivity index (χ3v) is 3.96. The third-order valence-electron chi connectivity index (χ3n) is 3.96. The van der Waals surface area contributed by atoms with Gasteiger partial charge in [-0.25, -0.2) is 9.97 Å². The summed E-state index contributed by atoms with van der Waals surface area (Å²) in [5.74, 6) is 0.731. The van der Waals surface area contributed by atoms with Crippen molar-refractivity contribution in [2.45, 2.75) is 20.3 Å². The van der Waals surface area contributed by atoms with Gasteiger partial charge in [-0.1, -0.05) is 18.2 Å². The Kier molecular flexibility index (Phi) is 5.23. The van der Waals surface area contributed by atoms with Crippen LogP contribution in [-0.4, -0.2) is 29.0 Å². The molecule has 5 heteroatoms. The number of rotatable bonds is 6. The summed E-state index contributed by atoms with van der Waals surface area (Å²) in [6.45, 7) is 4.97. The number of benzene rings is 2. The predicted octanol–water partition coefficient (Wildman–Crippen LogP) is 3.45. The van der Waals surface area contributed by atoms with Crippen molar-refractivity contribution in [3.8, 4) is 5.75 Å². The molecule has 3 aromatic rings. The van der Waals surface area contributed by atoms with Crippen LogP contribution in [0, 0.1) is 13.8 Å². The fourth-order valence-corrected chi connectivity index (χ4v) is 2.45. The van der Waals surface area contributed by atoms with E-state index in [1.54, 1.807) is 12.1 Å². The van der Waals surface area contributed by atoms with Crippen molar-refractivity contribution in [3.05, 3.63) is 65.5 Å². The summed E-state index contributed by atoms with van der Waals surface area (Å²) in [6, 6.07) is 15.0. The number of nitrogens with one attached hydrogen (secondary N) is 1. The fourth-order valence-electron chi connectivity index (χ4n) is 2.45. The standard InChI is InChI=1S/C20H21N3O2/c1-14-15(2)23-19-13-16(9-10-18(19)22-14)20(24)21-11-6-12-25-17-7-4-3-5-8-17/h3-5,7-10,13H,6,11-12H2,1-2H3,(H,21,24). The quantitative estimate of drug-likeness (QED) is 0.701. The number of nitrogens with zero attached hydrogens (tertiary/aromatic N) is 2. The van der Waals surface area contributed by atoms with Crippen LogP contribution in [0.3, 0.4) is 0 Å². The number of aromatic nitrogens is 2. The highest BCUT2D eigenvalue weighted by molar-refractivity contribution is 5.97. The van der Waals surface area contributed by atoms with Crippen LogP contribution in [0.2, 0.25) is 0 Å². The normalized spacial score (nSPS) is 10.6. The van der Waals surface area contributed by atoms with Gasteiger partial charge in [-0.3, -0.25) is 4.79 Å². The highest BCUT2D eigenvalue weighted by Crippen LogP contribution is 2.14. The predicted molar refractivity (Wildman–Crippen MR) is 97.9 cm³/mol. The van der Waals surface area contributed by atoms with Crippen molar-refractivity contribution in [2.75, 3.05) is 13.2 Å². The number of ether oxygens (including phenoxy) is 1. The molecule has 0 saturated carbocycles. The zero-order chi connectivity index (χ0) is 17.6. The molecule has 2 aromatic carbocycles. The number of hydrogen-bond acceptors (Lipinski definition) is 4. The highest BCUT2D eigenvalue weighted by Gasteiger charge is 2.08. The smallest absolute Gasteiger partial charge is 0.251 e. The van der Waals surface area contributed by atoms with Crippen molar-refractivity contribution in [1.82, 2.24) is 15.3 Å². The van der Waals surface area contributed by atoms with Crippen LogP contribution >= 0.6 is 0 Å². The number of para-hydroxylation sites is 1. The van der Waals surface area contributed by atoms with Crippen molar-refractivity contribution in [3.63, 3.8) is 0 Å². The Morgan fingerprint density at radius 2 is 1.72 bits per heavy atom. The molecule has 5 nitrogen and oxygen atoms in total. The molecule has 0 radical (unpaired) electrons. The third kappa shape index (κ3) is 4.32. The van der Waals surface area contributed by atoms with Gasteiger partial charge < -0.3 is 10.1 Å². The van der Waals surface area contributed by atoms with Gasteiger partial charge in [-0.15, -0.1) is 0 Å². The second-order valence-corrected chi connectivity index (χ2v) is 5.87. The number of hydrogen-bond donors (Lipinski definition) is 1. The lowest BCUT2D eigenvalue weighted by Gasteiger charge is -2.08. The Morgan fingerprint density at radius 3 is 2.48 bits per heavy atom. The van der Waals surface area contributed by atoms with E-state index >= 15 is 0 Å². The van der Waals surface area contributed by atoms with Gasteiger partial charge >= 0.3 is 0 Å². The molecule has 0 aliphatic carbocycles. The molecular formula is C20H21N3O2. The van der Waals surface area contributed by atoms with Crippen LogP contribution in [0.15, 0.2) is 48.5 Å². The molecule has 0 bridgehead atoms. The highest BCUT2D eigenvalue weighted by atomic mass is 16.5. The van der Waals surface area contributed by atoms with E-state index in [2.05, 4.69) is 15.3 Å². The van der Waals surface area contributed by atoms with Gasteiger partial charge in [0.25, 0.3) is 5.91 Å². The van der Waals surface area contributed by atoms with Gasteiger partial charge in [0.05, 0.1) is 29.0 Å². The zero-order valence-electron chi connectivity index (χ0n) is 14.5. The molecule has 0 aliphatic rings. The van der Waals surface area contributed by atoms with Crippen LogP contribution < -0.4 is 10.1 Å². The van der Waals surface area contributed by atoms with Crippen molar-refractivity contribution in [2.24, 2.45) is 0 Å². The lowest BCUT2D eigenvalue weighted by Crippen LogP contribution is -2.25. The first kappa shape index (κ1) is 16.9. The summed E-state index contributed by atoms with van der Waals surface area (Å²) >= 11 is 0. The van der Waals surface area contributed by atoms with Crippen LogP contribution in [0.25, 0.3) is 11.0 Å². The minimum absolute atomic E-state index is 0.110. The van der Waals surface area contributed by atoms with Gasteiger partial charge in [-0.05, 0) is 50.6 Å². The lowest BCUT2D eigenvalue weighted by molar-refractivity contribution is 0.0951. The molecule has 3 rings (SSSR count). The van der Waals surface area contributed by atoms with E-state index in [1.165, 1.54) is 0 Å². The van der Waals surface area contributed by atoms with E-state index in [-0.39, 0.29) is 5.91 Å².